The van der Waals surface area contributed by atoms with Crippen LogP contribution in [0.5, 0.6) is 0 Å². The minimum atomic E-state index is -0.0735. The number of nitrogens with zero attached hydrogens (tertiary/aromatic N) is 3. The van der Waals surface area contributed by atoms with Gasteiger partial charge >= 0.3 is 0 Å². The molecule has 0 bridgehead atoms. The zero-order valence-electron chi connectivity index (χ0n) is 21.6. The van der Waals surface area contributed by atoms with E-state index >= 15 is 0 Å². The van der Waals surface area contributed by atoms with Gasteiger partial charge in [0.2, 0.25) is 0 Å². The molecular formula is C30H34N4O2S. The molecule has 1 amide bonds. The highest BCUT2D eigenvalue weighted by atomic mass is 32.1. The third-order valence-corrected chi connectivity index (χ3v) is 9.39. The monoisotopic (exact) mass is 514 g/mol. The maximum absolute atomic E-state index is 12.8. The number of pyridine rings is 1. The lowest BCUT2D eigenvalue weighted by atomic mass is 10.0. The molecule has 2 atom stereocenters. The Balaban J connectivity index is 1.22. The summed E-state index contributed by atoms with van der Waals surface area (Å²) in [5, 5.41) is 3.16. The Bertz CT molecular complexity index is 1330. The van der Waals surface area contributed by atoms with E-state index in [0.29, 0.717) is 6.04 Å². The van der Waals surface area contributed by atoms with Gasteiger partial charge in [-0.3, -0.25) is 4.79 Å². The van der Waals surface area contributed by atoms with Crippen molar-refractivity contribution in [3.63, 3.8) is 0 Å². The summed E-state index contributed by atoms with van der Waals surface area (Å²) in [5.41, 5.74) is 4.88. The van der Waals surface area contributed by atoms with E-state index in [-0.39, 0.29) is 23.7 Å². The number of benzene rings is 1. The molecule has 2 aromatic heterocycles. The van der Waals surface area contributed by atoms with Crippen LogP contribution in [0.3, 0.4) is 0 Å². The number of carbonyl (C=O) groups is 1. The second-order valence-electron chi connectivity index (χ2n) is 11.2. The van der Waals surface area contributed by atoms with E-state index in [1.165, 1.54) is 27.4 Å². The average molecular weight is 515 g/mol. The molecule has 4 aliphatic rings. The molecule has 4 heterocycles. The lowest BCUT2D eigenvalue weighted by molar-refractivity contribution is -0.00547. The fraction of sp³-hybridized carbons (Fsp3) is 0.467. The van der Waals surface area contributed by atoms with Crippen molar-refractivity contribution in [2.45, 2.75) is 69.7 Å². The molecule has 7 rings (SSSR count). The van der Waals surface area contributed by atoms with E-state index < -0.39 is 0 Å². The highest BCUT2D eigenvalue weighted by molar-refractivity contribution is 7.17. The Morgan fingerprint density at radius 2 is 1.86 bits per heavy atom. The van der Waals surface area contributed by atoms with E-state index in [4.69, 9.17) is 9.72 Å². The number of para-hydroxylation sites is 1. The van der Waals surface area contributed by atoms with E-state index in [0.717, 1.165) is 62.4 Å². The van der Waals surface area contributed by atoms with Gasteiger partial charge in [-0.25, -0.2) is 4.98 Å². The molecule has 192 valence electrons. The van der Waals surface area contributed by atoms with E-state index in [1.807, 2.05) is 0 Å². The molecule has 2 saturated carbocycles. The number of hydrogen-bond acceptors (Lipinski definition) is 6. The molecule has 3 fully saturated rings. The summed E-state index contributed by atoms with van der Waals surface area (Å²) in [7, 11) is 0. The zero-order valence-corrected chi connectivity index (χ0v) is 22.4. The number of fused-ring (bicyclic) bond motifs is 3. The molecule has 37 heavy (non-hydrogen) atoms. The third kappa shape index (κ3) is 4.22. The predicted molar refractivity (Wildman–Crippen MR) is 149 cm³/mol. The second kappa shape index (κ2) is 8.84. The Hall–Kier alpha value is -2.90. The molecule has 1 N–H and O–H groups in total. The molecule has 3 aromatic rings. The molecule has 1 saturated heterocycles. The minimum absolute atomic E-state index is 0.0735. The van der Waals surface area contributed by atoms with Gasteiger partial charge in [0.25, 0.3) is 5.91 Å². The largest absolute Gasteiger partial charge is 0.372 e. The van der Waals surface area contributed by atoms with Crippen molar-refractivity contribution in [1.29, 1.82) is 0 Å². The molecule has 0 spiro atoms. The number of morpholine rings is 1. The van der Waals surface area contributed by atoms with Crippen LogP contribution in [0.1, 0.15) is 60.5 Å². The Labute approximate surface area is 222 Å². The van der Waals surface area contributed by atoms with Gasteiger partial charge in [0.15, 0.2) is 0 Å². The SMILES string of the molecule is CC1CN(c2cccc(C3(N4CCc5cc(C(=O)NC6CC6)sc5-c5ccccc54)CC3)n2)CC(C)O1. The lowest BCUT2D eigenvalue weighted by Gasteiger charge is -2.37. The number of anilines is 2. The topological polar surface area (TPSA) is 57.7 Å². The molecule has 2 aliphatic carbocycles. The summed E-state index contributed by atoms with van der Waals surface area (Å²) < 4.78 is 5.96. The van der Waals surface area contributed by atoms with Crippen molar-refractivity contribution < 1.29 is 9.53 Å². The third-order valence-electron chi connectivity index (χ3n) is 8.18. The highest BCUT2D eigenvalue weighted by Crippen LogP contribution is 2.55. The second-order valence-corrected chi connectivity index (χ2v) is 12.3. The number of rotatable bonds is 5. The van der Waals surface area contributed by atoms with Crippen molar-refractivity contribution >= 4 is 28.7 Å². The van der Waals surface area contributed by atoms with Crippen molar-refractivity contribution in [1.82, 2.24) is 10.3 Å². The summed E-state index contributed by atoms with van der Waals surface area (Å²) in [6.07, 6.45) is 5.77. The molecule has 7 heteroatoms. The molecule has 0 radical (unpaired) electrons. The highest BCUT2D eigenvalue weighted by Gasteiger charge is 2.52. The Kier molecular flexibility index (Phi) is 5.55. The van der Waals surface area contributed by atoms with Gasteiger partial charge in [0.05, 0.1) is 28.3 Å². The van der Waals surface area contributed by atoms with Gasteiger partial charge in [-0.1, -0.05) is 24.3 Å². The van der Waals surface area contributed by atoms with Crippen LogP contribution in [0, 0.1) is 0 Å². The van der Waals surface area contributed by atoms with Crippen LogP contribution in [0.4, 0.5) is 11.5 Å². The fourth-order valence-corrected chi connectivity index (χ4v) is 7.29. The quantitative estimate of drug-likeness (QED) is 0.496. The van der Waals surface area contributed by atoms with Gasteiger partial charge < -0.3 is 19.9 Å². The number of aromatic nitrogens is 1. The van der Waals surface area contributed by atoms with Crippen molar-refractivity contribution in [3.05, 3.63) is 64.7 Å². The first kappa shape index (κ1) is 23.2. The number of nitrogens with one attached hydrogen (secondary N) is 1. The number of ether oxygens (including phenoxy) is 1. The standard InChI is InChI=1S/C30H34N4O2S/c1-19-17-33(18-20(2)36-19)27-9-5-8-26(32-27)30(13-14-30)34-15-12-21-16-25(29(35)31-22-10-11-22)37-28(21)23-6-3-4-7-24(23)34/h3-9,16,19-20,22H,10-15,17-18H2,1-2H3,(H,31,35). The van der Waals surface area contributed by atoms with Crippen LogP contribution >= 0.6 is 11.3 Å². The van der Waals surface area contributed by atoms with Gasteiger partial charge in [0, 0.05) is 41.8 Å². The maximum Gasteiger partial charge on any atom is 0.261 e. The summed E-state index contributed by atoms with van der Waals surface area (Å²) >= 11 is 1.65. The molecule has 2 aliphatic heterocycles. The van der Waals surface area contributed by atoms with Crippen molar-refractivity contribution in [2.75, 3.05) is 29.4 Å². The van der Waals surface area contributed by atoms with Gasteiger partial charge in [0.1, 0.15) is 5.82 Å². The maximum atomic E-state index is 12.8. The number of amides is 1. The first-order valence-corrected chi connectivity index (χ1v) is 14.5. The molecule has 6 nitrogen and oxygen atoms in total. The van der Waals surface area contributed by atoms with E-state index in [1.54, 1.807) is 11.3 Å². The summed E-state index contributed by atoms with van der Waals surface area (Å²) in [6, 6.07) is 17.8. The first-order valence-electron chi connectivity index (χ1n) is 13.7. The first-order chi connectivity index (χ1) is 18.0. The molecule has 2 unspecified atom stereocenters. The van der Waals surface area contributed by atoms with Crippen LogP contribution in [-0.2, 0) is 16.7 Å². The predicted octanol–water partition coefficient (Wildman–Crippen LogP) is 5.37. The summed E-state index contributed by atoms with van der Waals surface area (Å²) in [4.78, 5) is 25.1. The normalized spacial score (nSPS) is 24.2. The lowest BCUT2D eigenvalue weighted by Crippen LogP contribution is -2.46. The van der Waals surface area contributed by atoms with Crippen molar-refractivity contribution in [2.24, 2.45) is 0 Å². The fourth-order valence-electron chi connectivity index (χ4n) is 6.14. The number of hydrogen-bond donors (Lipinski definition) is 1. The summed E-state index contributed by atoms with van der Waals surface area (Å²) in [5.74, 6) is 1.14. The van der Waals surface area contributed by atoms with Crippen LogP contribution in [0.15, 0.2) is 48.5 Å². The van der Waals surface area contributed by atoms with Gasteiger partial charge in [-0.05, 0) is 75.8 Å². The van der Waals surface area contributed by atoms with Crippen LogP contribution in [0.25, 0.3) is 10.4 Å². The van der Waals surface area contributed by atoms with Crippen molar-refractivity contribution in [3.8, 4) is 10.4 Å². The van der Waals surface area contributed by atoms with Crippen LogP contribution in [-0.4, -0.2) is 48.8 Å². The van der Waals surface area contributed by atoms with E-state index in [9.17, 15) is 4.79 Å². The Morgan fingerprint density at radius 1 is 1.08 bits per heavy atom. The number of thiophene rings is 1. The van der Waals surface area contributed by atoms with Crippen LogP contribution in [0.2, 0.25) is 0 Å². The number of carbonyl (C=O) groups excluding carboxylic acids is 1. The zero-order chi connectivity index (χ0) is 25.1. The summed E-state index contributed by atoms with van der Waals surface area (Å²) in [6.45, 7) is 6.95. The van der Waals surface area contributed by atoms with Gasteiger partial charge in [-0.15, -0.1) is 11.3 Å². The molecule has 1 aromatic carbocycles. The average Bonchev–Trinajstić information content (AvgIpc) is 3.82. The van der Waals surface area contributed by atoms with E-state index in [2.05, 4.69) is 77.5 Å². The Morgan fingerprint density at radius 3 is 2.62 bits per heavy atom. The smallest absolute Gasteiger partial charge is 0.261 e. The van der Waals surface area contributed by atoms with Crippen LogP contribution < -0.4 is 15.1 Å². The molecular weight excluding hydrogens is 480 g/mol. The minimum Gasteiger partial charge on any atom is -0.372 e. The van der Waals surface area contributed by atoms with Gasteiger partial charge in [-0.2, -0.15) is 0 Å².